The Labute approximate surface area is 91.9 Å². The summed E-state index contributed by atoms with van der Waals surface area (Å²) in [5, 5.41) is 0. The lowest BCUT2D eigenvalue weighted by atomic mass is 10.1. The van der Waals surface area contributed by atoms with Crippen LogP contribution in [0.15, 0.2) is 30.3 Å². The first-order valence-electron chi connectivity index (χ1n) is 5.46. The van der Waals surface area contributed by atoms with Crippen molar-refractivity contribution in [3.05, 3.63) is 35.9 Å². The third-order valence-electron chi connectivity index (χ3n) is 2.65. The third kappa shape index (κ3) is 3.39. The van der Waals surface area contributed by atoms with Crippen molar-refractivity contribution in [3.8, 4) is 0 Å². The van der Waals surface area contributed by atoms with Gasteiger partial charge >= 0.3 is 0 Å². The van der Waals surface area contributed by atoms with E-state index in [1.165, 1.54) is 5.56 Å². The molecule has 1 atom stereocenters. The molecule has 0 aromatic heterocycles. The molecule has 0 aliphatic rings. The quantitative estimate of drug-likeness (QED) is 0.739. The molecule has 0 heterocycles. The zero-order valence-corrected chi connectivity index (χ0v) is 9.73. The zero-order valence-electron chi connectivity index (χ0n) is 9.73. The van der Waals surface area contributed by atoms with E-state index in [0.717, 1.165) is 13.0 Å². The maximum absolute atomic E-state index is 11.3. The Morgan fingerprint density at radius 2 is 1.93 bits per heavy atom. The molecule has 2 nitrogen and oxygen atoms in total. The zero-order chi connectivity index (χ0) is 11.3. The second-order valence-electron chi connectivity index (χ2n) is 3.84. The molecule has 1 aromatic carbocycles. The lowest BCUT2D eigenvalue weighted by Crippen LogP contribution is -2.38. The Morgan fingerprint density at radius 3 is 2.40 bits per heavy atom. The molecule has 0 spiro atoms. The van der Waals surface area contributed by atoms with Crippen LogP contribution in [0.1, 0.15) is 26.3 Å². The normalized spacial score (nSPS) is 12.2. The van der Waals surface area contributed by atoms with Gasteiger partial charge in [-0.2, -0.15) is 0 Å². The van der Waals surface area contributed by atoms with Gasteiger partial charge in [0, 0.05) is 19.5 Å². The van der Waals surface area contributed by atoms with E-state index in [9.17, 15) is 4.79 Å². The molecule has 0 saturated carbocycles. The number of hydrogen-bond acceptors (Lipinski definition) is 1. The van der Waals surface area contributed by atoms with Crippen LogP contribution in [-0.2, 0) is 11.2 Å². The molecule has 0 fully saturated rings. The highest BCUT2D eigenvalue weighted by Crippen LogP contribution is 2.08. The van der Waals surface area contributed by atoms with Crippen molar-refractivity contribution in [2.75, 3.05) is 6.54 Å². The molecular formula is C13H19NO. The number of carbonyl (C=O) groups excluding carboxylic acids is 1. The largest absolute Gasteiger partial charge is 0.340 e. The van der Waals surface area contributed by atoms with Gasteiger partial charge in [-0.3, -0.25) is 4.79 Å². The Morgan fingerprint density at radius 1 is 1.33 bits per heavy atom. The van der Waals surface area contributed by atoms with Crippen LogP contribution in [0, 0.1) is 0 Å². The minimum absolute atomic E-state index is 0.154. The van der Waals surface area contributed by atoms with Gasteiger partial charge in [0.15, 0.2) is 0 Å². The first kappa shape index (κ1) is 11.8. The standard InChI is InChI=1S/C13H19NO/c1-4-14(12(3)15)11(2)10-13-8-6-5-7-9-13/h5-9,11H,4,10H2,1-3H3. The summed E-state index contributed by atoms with van der Waals surface area (Å²) in [5.41, 5.74) is 1.28. The van der Waals surface area contributed by atoms with E-state index in [1.807, 2.05) is 30.0 Å². The minimum Gasteiger partial charge on any atom is -0.340 e. The van der Waals surface area contributed by atoms with E-state index in [0.29, 0.717) is 0 Å². The molecule has 0 aliphatic carbocycles. The summed E-state index contributed by atoms with van der Waals surface area (Å²) >= 11 is 0. The fraction of sp³-hybridized carbons (Fsp3) is 0.462. The highest BCUT2D eigenvalue weighted by Gasteiger charge is 2.14. The van der Waals surface area contributed by atoms with E-state index in [4.69, 9.17) is 0 Å². The van der Waals surface area contributed by atoms with Gasteiger partial charge < -0.3 is 4.90 Å². The Bertz CT molecular complexity index is 308. The van der Waals surface area contributed by atoms with Crippen molar-refractivity contribution in [1.29, 1.82) is 0 Å². The Balaban J connectivity index is 2.62. The number of benzene rings is 1. The van der Waals surface area contributed by atoms with E-state index in [2.05, 4.69) is 19.1 Å². The topological polar surface area (TPSA) is 20.3 Å². The molecule has 2 heteroatoms. The van der Waals surface area contributed by atoms with E-state index in [1.54, 1.807) is 6.92 Å². The molecule has 82 valence electrons. The second-order valence-corrected chi connectivity index (χ2v) is 3.84. The number of amides is 1. The molecule has 0 aliphatic heterocycles. The van der Waals surface area contributed by atoms with Crippen molar-refractivity contribution < 1.29 is 4.79 Å². The van der Waals surface area contributed by atoms with Crippen LogP contribution >= 0.6 is 0 Å². The van der Waals surface area contributed by atoms with Gasteiger partial charge in [0.2, 0.25) is 5.91 Å². The summed E-state index contributed by atoms with van der Waals surface area (Å²) in [6.45, 7) is 6.52. The number of rotatable bonds is 4. The average molecular weight is 205 g/mol. The van der Waals surface area contributed by atoms with Crippen LogP contribution in [0.4, 0.5) is 0 Å². The third-order valence-corrected chi connectivity index (χ3v) is 2.65. The first-order valence-corrected chi connectivity index (χ1v) is 5.46. The number of nitrogens with zero attached hydrogens (tertiary/aromatic N) is 1. The molecule has 15 heavy (non-hydrogen) atoms. The molecule has 0 radical (unpaired) electrons. The van der Waals surface area contributed by atoms with E-state index in [-0.39, 0.29) is 11.9 Å². The van der Waals surface area contributed by atoms with Gasteiger partial charge in [-0.15, -0.1) is 0 Å². The summed E-state index contributed by atoms with van der Waals surface area (Å²) in [5.74, 6) is 0.154. The number of likely N-dealkylation sites (N-methyl/N-ethyl adjacent to an activating group) is 1. The molecule has 0 bridgehead atoms. The molecule has 1 rings (SSSR count). The van der Waals surface area contributed by atoms with Crippen LogP contribution in [0.2, 0.25) is 0 Å². The smallest absolute Gasteiger partial charge is 0.219 e. The van der Waals surface area contributed by atoms with Gasteiger partial charge in [0.25, 0.3) is 0 Å². The van der Waals surface area contributed by atoms with Gasteiger partial charge in [-0.1, -0.05) is 30.3 Å². The summed E-state index contributed by atoms with van der Waals surface area (Å²) in [4.78, 5) is 13.2. The van der Waals surface area contributed by atoms with Crippen LogP contribution in [0.3, 0.4) is 0 Å². The highest BCUT2D eigenvalue weighted by molar-refractivity contribution is 5.73. The van der Waals surface area contributed by atoms with Gasteiger partial charge in [0.05, 0.1) is 0 Å². The lowest BCUT2D eigenvalue weighted by Gasteiger charge is -2.26. The van der Waals surface area contributed by atoms with Crippen LogP contribution in [0.25, 0.3) is 0 Å². The molecule has 0 N–H and O–H groups in total. The van der Waals surface area contributed by atoms with Gasteiger partial charge in [-0.05, 0) is 25.8 Å². The molecule has 1 unspecified atom stereocenters. The minimum atomic E-state index is 0.154. The SMILES string of the molecule is CCN(C(C)=O)C(C)Cc1ccccc1. The molecule has 0 saturated heterocycles. The summed E-state index contributed by atoms with van der Waals surface area (Å²) in [6, 6.07) is 10.6. The van der Waals surface area contributed by atoms with Gasteiger partial charge in [-0.25, -0.2) is 0 Å². The van der Waals surface area contributed by atoms with Crippen molar-refractivity contribution >= 4 is 5.91 Å². The Kier molecular flexibility index (Phi) is 4.35. The first-order chi connectivity index (χ1) is 7.15. The van der Waals surface area contributed by atoms with Crippen LogP contribution < -0.4 is 0 Å². The monoisotopic (exact) mass is 205 g/mol. The predicted octanol–water partition coefficient (Wildman–Crippen LogP) is 2.49. The summed E-state index contributed by atoms with van der Waals surface area (Å²) in [6.07, 6.45) is 0.925. The van der Waals surface area contributed by atoms with Crippen molar-refractivity contribution in [2.45, 2.75) is 33.2 Å². The number of carbonyl (C=O) groups is 1. The molecular weight excluding hydrogens is 186 g/mol. The van der Waals surface area contributed by atoms with E-state index >= 15 is 0 Å². The highest BCUT2D eigenvalue weighted by atomic mass is 16.2. The van der Waals surface area contributed by atoms with Crippen molar-refractivity contribution in [1.82, 2.24) is 4.90 Å². The van der Waals surface area contributed by atoms with Gasteiger partial charge in [0.1, 0.15) is 0 Å². The fourth-order valence-corrected chi connectivity index (χ4v) is 1.91. The number of hydrogen-bond donors (Lipinski definition) is 0. The predicted molar refractivity (Wildman–Crippen MR) is 62.7 cm³/mol. The van der Waals surface area contributed by atoms with Crippen LogP contribution in [0.5, 0.6) is 0 Å². The van der Waals surface area contributed by atoms with Crippen molar-refractivity contribution in [3.63, 3.8) is 0 Å². The fourth-order valence-electron chi connectivity index (χ4n) is 1.91. The lowest BCUT2D eigenvalue weighted by molar-refractivity contribution is -0.130. The average Bonchev–Trinajstić information content (AvgIpc) is 2.19. The Hall–Kier alpha value is -1.31. The van der Waals surface area contributed by atoms with Crippen molar-refractivity contribution in [2.24, 2.45) is 0 Å². The van der Waals surface area contributed by atoms with E-state index < -0.39 is 0 Å². The molecule has 1 amide bonds. The summed E-state index contributed by atoms with van der Waals surface area (Å²) < 4.78 is 0. The van der Waals surface area contributed by atoms with Crippen LogP contribution in [-0.4, -0.2) is 23.4 Å². The maximum atomic E-state index is 11.3. The summed E-state index contributed by atoms with van der Waals surface area (Å²) in [7, 11) is 0. The second kappa shape index (κ2) is 5.54. The molecule has 1 aromatic rings. The maximum Gasteiger partial charge on any atom is 0.219 e.